The number of aliphatic hydroxyl groups is 1. The molecular weight excluding hydrogens is 102 g/mol. The van der Waals surface area contributed by atoms with E-state index in [4.69, 9.17) is 10.8 Å². The molecule has 2 nitrogen and oxygen atoms in total. The van der Waals surface area contributed by atoms with Crippen molar-refractivity contribution in [2.75, 3.05) is 6.54 Å². The van der Waals surface area contributed by atoms with Gasteiger partial charge in [-0.05, 0) is 13.0 Å². The van der Waals surface area contributed by atoms with Crippen molar-refractivity contribution < 1.29 is 5.11 Å². The van der Waals surface area contributed by atoms with Crippen LogP contribution in [-0.4, -0.2) is 11.7 Å². The van der Waals surface area contributed by atoms with Crippen molar-refractivity contribution in [1.29, 1.82) is 0 Å². The molecule has 3 N–H and O–H groups in total. The Labute approximate surface area is 49.3 Å². The number of hydrogen-bond donors (Lipinski definition) is 2. The Hall–Kier alpha value is -0.760. The van der Waals surface area contributed by atoms with E-state index in [0.717, 1.165) is 0 Å². The van der Waals surface area contributed by atoms with Crippen LogP contribution in [0.25, 0.3) is 0 Å². The maximum absolute atomic E-state index is 8.55. The Kier molecular flexibility index (Phi) is 3.98. The van der Waals surface area contributed by atoms with Crippen LogP contribution in [0.5, 0.6) is 0 Å². The zero-order valence-corrected chi connectivity index (χ0v) is 4.96. The predicted octanol–water partition coefficient (Wildman–Crippen LogP) is 0.963. The lowest BCUT2D eigenvalue weighted by atomic mass is 10.4. The van der Waals surface area contributed by atoms with Crippen LogP contribution in [0.1, 0.15) is 6.92 Å². The fourth-order valence-electron chi connectivity index (χ4n) is 0.286. The largest absolute Gasteiger partial charge is 0.513 e. The SMILES string of the molecule is C/C(O)=C/C=C/CN. The minimum Gasteiger partial charge on any atom is -0.513 e. The molecule has 0 bridgehead atoms. The minimum atomic E-state index is 0.301. The molecule has 2 heteroatoms. The summed E-state index contributed by atoms with van der Waals surface area (Å²) in [5.74, 6) is 0.301. The van der Waals surface area contributed by atoms with E-state index in [-0.39, 0.29) is 0 Å². The maximum Gasteiger partial charge on any atom is 0.0891 e. The van der Waals surface area contributed by atoms with Gasteiger partial charge in [0, 0.05) is 6.54 Å². The van der Waals surface area contributed by atoms with Crippen LogP contribution < -0.4 is 5.73 Å². The third-order valence-electron chi connectivity index (χ3n) is 0.610. The fourth-order valence-corrected chi connectivity index (χ4v) is 0.286. The van der Waals surface area contributed by atoms with Gasteiger partial charge in [0.05, 0.1) is 5.76 Å². The maximum atomic E-state index is 8.55. The molecule has 0 saturated heterocycles. The highest BCUT2D eigenvalue weighted by atomic mass is 16.3. The first kappa shape index (κ1) is 7.24. The van der Waals surface area contributed by atoms with Gasteiger partial charge in [0.2, 0.25) is 0 Å². The van der Waals surface area contributed by atoms with Gasteiger partial charge in [0.25, 0.3) is 0 Å². The Morgan fingerprint density at radius 2 is 2.38 bits per heavy atom. The first-order valence-corrected chi connectivity index (χ1v) is 2.50. The zero-order valence-electron chi connectivity index (χ0n) is 4.96. The van der Waals surface area contributed by atoms with E-state index in [2.05, 4.69) is 0 Å². The number of rotatable bonds is 2. The second-order valence-corrected chi connectivity index (χ2v) is 1.47. The van der Waals surface area contributed by atoms with Crippen LogP contribution in [0.2, 0.25) is 0 Å². The lowest BCUT2D eigenvalue weighted by molar-refractivity contribution is 0.414. The van der Waals surface area contributed by atoms with Crippen LogP contribution >= 0.6 is 0 Å². The van der Waals surface area contributed by atoms with Crippen molar-refractivity contribution in [1.82, 2.24) is 0 Å². The van der Waals surface area contributed by atoms with Gasteiger partial charge < -0.3 is 10.8 Å². The lowest BCUT2D eigenvalue weighted by Crippen LogP contribution is -1.91. The molecule has 0 aliphatic heterocycles. The summed E-state index contributed by atoms with van der Waals surface area (Å²) in [6.45, 7) is 2.13. The van der Waals surface area contributed by atoms with Gasteiger partial charge in [-0.3, -0.25) is 0 Å². The summed E-state index contributed by atoms with van der Waals surface area (Å²) >= 11 is 0. The van der Waals surface area contributed by atoms with Crippen molar-refractivity contribution in [3.8, 4) is 0 Å². The summed E-state index contributed by atoms with van der Waals surface area (Å²) in [6, 6.07) is 0. The first-order valence-electron chi connectivity index (χ1n) is 2.50. The van der Waals surface area contributed by atoms with Gasteiger partial charge in [0.1, 0.15) is 0 Å². The molecule has 0 aliphatic carbocycles. The predicted molar refractivity (Wildman–Crippen MR) is 34.6 cm³/mol. The topological polar surface area (TPSA) is 46.2 Å². The highest BCUT2D eigenvalue weighted by molar-refractivity contribution is 5.04. The molecule has 0 heterocycles. The second kappa shape index (κ2) is 4.40. The smallest absolute Gasteiger partial charge is 0.0891 e. The number of nitrogens with two attached hydrogens (primary N) is 1. The van der Waals surface area contributed by atoms with Gasteiger partial charge in [-0.25, -0.2) is 0 Å². The van der Waals surface area contributed by atoms with Crippen LogP contribution in [0.15, 0.2) is 24.0 Å². The second-order valence-electron chi connectivity index (χ2n) is 1.47. The molecule has 0 rings (SSSR count). The van der Waals surface area contributed by atoms with Crippen LogP contribution in [0, 0.1) is 0 Å². The lowest BCUT2D eigenvalue weighted by Gasteiger charge is -1.80. The minimum absolute atomic E-state index is 0.301. The van der Waals surface area contributed by atoms with E-state index < -0.39 is 0 Å². The van der Waals surface area contributed by atoms with Gasteiger partial charge in [-0.2, -0.15) is 0 Å². The molecule has 0 unspecified atom stereocenters. The van der Waals surface area contributed by atoms with Gasteiger partial charge in [-0.1, -0.05) is 12.2 Å². The summed E-state index contributed by atoms with van der Waals surface area (Å²) < 4.78 is 0. The third-order valence-corrected chi connectivity index (χ3v) is 0.610. The third kappa shape index (κ3) is 5.24. The first-order chi connectivity index (χ1) is 3.77. The average molecular weight is 113 g/mol. The van der Waals surface area contributed by atoms with E-state index in [9.17, 15) is 0 Å². The van der Waals surface area contributed by atoms with E-state index >= 15 is 0 Å². The Balaban J connectivity index is 3.42. The highest BCUT2D eigenvalue weighted by Crippen LogP contribution is 1.83. The molecule has 0 saturated carbocycles. The summed E-state index contributed by atoms with van der Waals surface area (Å²) in [7, 11) is 0. The van der Waals surface area contributed by atoms with Crippen molar-refractivity contribution in [3.63, 3.8) is 0 Å². The van der Waals surface area contributed by atoms with Crippen molar-refractivity contribution in [2.45, 2.75) is 6.92 Å². The number of allylic oxidation sites excluding steroid dienone is 3. The average Bonchev–Trinajstić information content (AvgIpc) is 1.66. The fraction of sp³-hybridized carbons (Fsp3) is 0.333. The summed E-state index contributed by atoms with van der Waals surface area (Å²) in [6.07, 6.45) is 5.07. The molecule has 0 aromatic rings. The highest BCUT2D eigenvalue weighted by Gasteiger charge is 1.70. The molecule has 0 fully saturated rings. The van der Waals surface area contributed by atoms with Gasteiger partial charge in [-0.15, -0.1) is 0 Å². The standard InChI is InChI=1S/C6H11NO/c1-6(8)4-2-3-5-7/h2-4,8H,5,7H2,1H3/b3-2+,6-4-. The number of aliphatic hydroxyl groups excluding tert-OH is 1. The molecule has 0 amide bonds. The van der Waals surface area contributed by atoms with E-state index in [1.54, 1.807) is 25.2 Å². The Bertz CT molecular complexity index is 101. The summed E-state index contributed by atoms with van der Waals surface area (Å²) in [4.78, 5) is 0. The molecule has 0 spiro atoms. The number of hydrogen-bond acceptors (Lipinski definition) is 2. The van der Waals surface area contributed by atoms with Crippen molar-refractivity contribution >= 4 is 0 Å². The molecule has 0 aliphatic rings. The normalized spacial score (nSPS) is 13.0. The summed E-state index contributed by atoms with van der Waals surface area (Å²) in [5, 5.41) is 8.55. The Morgan fingerprint density at radius 1 is 1.75 bits per heavy atom. The van der Waals surface area contributed by atoms with E-state index in [1.807, 2.05) is 0 Å². The van der Waals surface area contributed by atoms with E-state index in [1.165, 1.54) is 0 Å². The van der Waals surface area contributed by atoms with Gasteiger partial charge >= 0.3 is 0 Å². The molecule has 0 aromatic carbocycles. The van der Waals surface area contributed by atoms with Crippen LogP contribution in [0.3, 0.4) is 0 Å². The van der Waals surface area contributed by atoms with Crippen molar-refractivity contribution in [3.05, 3.63) is 24.0 Å². The monoisotopic (exact) mass is 113 g/mol. The van der Waals surface area contributed by atoms with Crippen LogP contribution in [0.4, 0.5) is 0 Å². The molecule has 0 aromatic heterocycles. The molecule has 46 valence electrons. The summed E-state index contributed by atoms with van der Waals surface area (Å²) in [5.41, 5.74) is 5.12. The van der Waals surface area contributed by atoms with Gasteiger partial charge in [0.15, 0.2) is 0 Å². The van der Waals surface area contributed by atoms with Crippen LogP contribution in [-0.2, 0) is 0 Å². The molecule has 0 atom stereocenters. The zero-order chi connectivity index (χ0) is 6.41. The molecule has 8 heavy (non-hydrogen) atoms. The quantitative estimate of drug-likeness (QED) is 0.414. The van der Waals surface area contributed by atoms with Crippen molar-refractivity contribution in [2.24, 2.45) is 5.73 Å². The van der Waals surface area contributed by atoms with E-state index in [0.29, 0.717) is 12.3 Å². The molecule has 0 radical (unpaired) electrons. The Morgan fingerprint density at radius 3 is 2.75 bits per heavy atom. The molecular formula is C6H11NO.